The Bertz CT molecular complexity index is 1750. The molecule has 0 radical (unpaired) electrons. The standard InChI is InChI=1S/C33H35N7O2.C4H10/c1-6-30(41)36-25-16-26(29(42-5)17-28(25)39(4)15-14-34-3)38-31-35-13-12-24(37-31)23-18-40(27-11-9-8-10-22(23)27)33-19-32(7-2,20-33)21-33;1-3-4-2/h2,6,8-13,16-18,34H,1,14-15,19-21H2,3-5H3,(H,36,41)(H,35,37,38);3-4H2,1-2H3. The van der Waals surface area contributed by atoms with Crippen LogP contribution in [-0.2, 0) is 10.3 Å². The van der Waals surface area contributed by atoms with E-state index < -0.39 is 0 Å². The number of likely N-dealkylation sites (N-methyl/N-ethyl adjacent to an activating group) is 2. The smallest absolute Gasteiger partial charge is 0.247 e. The molecule has 0 saturated heterocycles. The predicted octanol–water partition coefficient (Wildman–Crippen LogP) is 6.95. The first-order chi connectivity index (χ1) is 22.3. The highest BCUT2D eigenvalue weighted by atomic mass is 16.5. The number of hydrogen-bond acceptors (Lipinski definition) is 7. The van der Waals surface area contributed by atoms with Crippen molar-refractivity contribution in [3.05, 3.63) is 67.5 Å². The lowest BCUT2D eigenvalue weighted by molar-refractivity contribution is -0.141. The molecular formula is C37H45N7O2. The summed E-state index contributed by atoms with van der Waals surface area (Å²) in [6, 6.07) is 14.1. The number of hydrogen-bond donors (Lipinski definition) is 3. The molecule has 9 heteroatoms. The monoisotopic (exact) mass is 619 g/mol. The van der Waals surface area contributed by atoms with Gasteiger partial charge in [0.05, 0.1) is 29.9 Å². The fourth-order valence-electron chi connectivity index (χ4n) is 6.44. The van der Waals surface area contributed by atoms with Gasteiger partial charge in [0.1, 0.15) is 5.75 Å². The van der Waals surface area contributed by atoms with Crippen LogP contribution in [-0.4, -0.2) is 54.7 Å². The third-order valence-corrected chi connectivity index (χ3v) is 9.08. The van der Waals surface area contributed by atoms with Gasteiger partial charge in [0, 0.05) is 66.0 Å². The minimum absolute atomic E-state index is 0.0812. The van der Waals surface area contributed by atoms with Gasteiger partial charge in [-0.2, -0.15) is 0 Å². The van der Waals surface area contributed by atoms with E-state index in [4.69, 9.17) is 16.1 Å². The Balaban J connectivity index is 0.000000985. The maximum atomic E-state index is 12.3. The van der Waals surface area contributed by atoms with Gasteiger partial charge in [-0.1, -0.05) is 57.4 Å². The summed E-state index contributed by atoms with van der Waals surface area (Å²) in [6.45, 7) is 9.46. The molecule has 2 aromatic carbocycles. The Morgan fingerprint density at radius 1 is 1.17 bits per heavy atom. The number of fused-ring (bicyclic) bond motifs is 1. The van der Waals surface area contributed by atoms with Crippen LogP contribution in [0.1, 0.15) is 46.0 Å². The lowest BCUT2D eigenvalue weighted by Crippen LogP contribution is -2.66. The first-order valence-corrected chi connectivity index (χ1v) is 16.0. The molecule has 4 aromatic rings. The number of para-hydroxylation sites is 1. The zero-order valence-corrected chi connectivity index (χ0v) is 27.6. The molecule has 2 heterocycles. The number of rotatable bonds is 12. The van der Waals surface area contributed by atoms with E-state index in [1.54, 1.807) is 13.3 Å². The van der Waals surface area contributed by atoms with Crippen LogP contribution >= 0.6 is 0 Å². The summed E-state index contributed by atoms with van der Waals surface area (Å²) in [7, 11) is 5.48. The molecule has 46 heavy (non-hydrogen) atoms. The fraction of sp³-hybridized carbons (Fsp3) is 0.378. The Hall–Kier alpha value is -4.81. The molecule has 2 aromatic heterocycles. The summed E-state index contributed by atoms with van der Waals surface area (Å²) in [5.41, 5.74) is 5.27. The Kier molecular flexibility index (Phi) is 9.68. The molecule has 3 fully saturated rings. The first-order valence-electron chi connectivity index (χ1n) is 16.0. The lowest BCUT2D eigenvalue weighted by atomic mass is 9.39. The zero-order chi connectivity index (χ0) is 32.9. The van der Waals surface area contributed by atoms with Crippen LogP contribution in [0.5, 0.6) is 5.75 Å². The number of aromatic nitrogens is 3. The quantitative estimate of drug-likeness (QED) is 0.117. The molecule has 1 amide bonds. The number of carbonyl (C=O) groups is 1. The number of carbonyl (C=O) groups excluding carboxylic acids is 1. The lowest BCUT2D eigenvalue weighted by Gasteiger charge is -2.68. The van der Waals surface area contributed by atoms with Crippen LogP contribution in [0.2, 0.25) is 0 Å². The number of amides is 1. The van der Waals surface area contributed by atoms with Gasteiger partial charge in [-0.25, -0.2) is 9.97 Å². The van der Waals surface area contributed by atoms with Crippen molar-refractivity contribution in [2.75, 3.05) is 49.8 Å². The van der Waals surface area contributed by atoms with E-state index in [1.807, 2.05) is 37.2 Å². The average molecular weight is 620 g/mol. The Morgan fingerprint density at radius 3 is 2.57 bits per heavy atom. The molecular weight excluding hydrogens is 574 g/mol. The van der Waals surface area contributed by atoms with E-state index in [0.29, 0.717) is 23.1 Å². The van der Waals surface area contributed by atoms with E-state index in [0.717, 1.165) is 54.7 Å². The molecule has 7 rings (SSSR count). The fourth-order valence-corrected chi connectivity index (χ4v) is 6.44. The van der Waals surface area contributed by atoms with E-state index >= 15 is 0 Å². The molecule has 3 aliphatic rings. The van der Waals surface area contributed by atoms with Crippen LogP contribution in [0.25, 0.3) is 22.2 Å². The third kappa shape index (κ3) is 6.18. The number of ether oxygens (including phenoxy) is 1. The number of nitrogens with one attached hydrogen (secondary N) is 3. The Morgan fingerprint density at radius 2 is 1.91 bits per heavy atom. The highest BCUT2D eigenvalue weighted by Gasteiger charge is 2.68. The van der Waals surface area contributed by atoms with Crippen molar-refractivity contribution < 1.29 is 9.53 Å². The molecule has 0 unspecified atom stereocenters. The number of unbranched alkanes of at least 4 members (excludes halogenated alkanes) is 1. The summed E-state index contributed by atoms with van der Waals surface area (Å²) in [4.78, 5) is 23.7. The highest BCUT2D eigenvalue weighted by Crippen LogP contribution is 2.71. The van der Waals surface area contributed by atoms with Crippen molar-refractivity contribution >= 4 is 39.8 Å². The predicted molar refractivity (Wildman–Crippen MR) is 189 cm³/mol. The minimum Gasteiger partial charge on any atom is -0.494 e. The summed E-state index contributed by atoms with van der Waals surface area (Å²) < 4.78 is 8.15. The van der Waals surface area contributed by atoms with Crippen molar-refractivity contribution in [3.63, 3.8) is 0 Å². The van der Waals surface area contributed by atoms with Crippen molar-refractivity contribution in [1.29, 1.82) is 0 Å². The van der Waals surface area contributed by atoms with Gasteiger partial charge in [0.2, 0.25) is 11.9 Å². The molecule has 3 saturated carbocycles. The van der Waals surface area contributed by atoms with Gasteiger partial charge in [0.15, 0.2) is 0 Å². The van der Waals surface area contributed by atoms with E-state index in [9.17, 15) is 4.79 Å². The van der Waals surface area contributed by atoms with Gasteiger partial charge in [-0.3, -0.25) is 4.79 Å². The van der Waals surface area contributed by atoms with Crippen LogP contribution < -0.4 is 25.6 Å². The van der Waals surface area contributed by atoms with Crippen LogP contribution in [0.15, 0.2) is 67.5 Å². The van der Waals surface area contributed by atoms with Crippen molar-refractivity contribution in [1.82, 2.24) is 19.9 Å². The largest absolute Gasteiger partial charge is 0.494 e. The van der Waals surface area contributed by atoms with Gasteiger partial charge in [0.25, 0.3) is 0 Å². The molecule has 3 N–H and O–H groups in total. The highest BCUT2D eigenvalue weighted by molar-refractivity contribution is 6.02. The van der Waals surface area contributed by atoms with Crippen molar-refractivity contribution in [2.24, 2.45) is 5.41 Å². The number of nitrogens with zero attached hydrogens (tertiary/aromatic N) is 4. The van der Waals surface area contributed by atoms with Crippen LogP contribution in [0.4, 0.5) is 23.0 Å². The Labute approximate surface area is 272 Å². The molecule has 2 bridgehead atoms. The van der Waals surface area contributed by atoms with Gasteiger partial charge >= 0.3 is 0 Å². The number of terminal acetylenes is 1. The molecule has 9 nitrogen and oxygen atoms in total. The average Bonchev–Trinajstić information content (AvgIpc) is 3.42. The normalized spacial score (nSPS) is 19.0. The van der Waals surface area contributed by atoms with Crippen molar-refractivity contribution in [2.45, 2.75) is 51.5 Å². The van der Waals surface area contributed by atoms with Crippen LogP contribution in [0.3, 0.4) is 0 Å². The molecule has 0 aliphatic heterocycles. The molecule has 240 valence electrons. The first kappa shape index (κ1) is 32.6. The second-order valence-electron chi connectivity index (χ2n) is 12.3. The number of benzene rings is 2. The number of anilines is 4. The van der Waals surface area contributed by atoms with E-state index in [1.165, 1.54) is 24.4 Å². The summed E-state index contributed by atoms with van der Waals surface area (Å²) >= 11 is 0. The minimum atomic E-state index is -0.305. The second kappa shape index (κ2) is 13.7. The maximum absolute atomic E-state index is 12.3. The third-order valence-electron chi connectivity index (χ3n) is 9.08. The molecule has 3 aliphatic carbocycles. The maximum Gasteiger partial charge on any atom is 0.247 e. The molecule has 0 spiro atoms. The zero-order valence-electron chi connectivity index (χ0n) is 27.6. The number of methoxy groups -OCH3 is 1. The van der Waals surface area contributed by atoms with Gasteiger partial charge < -0.3 is 30.2 Å². The van der Waals surface area contributed by atoms with E-state index in [2.05, 4.69) is 82.3 Å². The van der Waals surface area contributed by atoms with E-state index in [-0.39, 0.29) is 16.9 Å². The summed E-state index contributed by atoms with van der Waals surface area (Å²) in [5, 5.41) is 10.5. The van der Waals surface area contributed by atoms with Gasteiger partial charge in [-0.05, 0) is 50.6 Å². The summed E-state index contributed by atoms with van der Waals surface area (Å²) in [5.74, 6) is 3.72. The van der Waals surface area contributed by atoms with Crippen LogP contribution in [0, 0.1) is 17.8 Å². The molecule has 0 atom stereocenters. The summed E-state index contributed by atoms with van der Waals surface area (Å²) in [6.07, 6.45) is 16.7. The van der Waals surface area contributed by atoms with Crippen molar-refractivity contribution in [3.8, 4) is 29.4 Å². The van der Waals surface area contributed by atoms with Gasteiger partial charge in [-0.15, -0.1) is 6.42 Å². The second-order valence-corrected chi connectivity index (χ2v) is 12.3. The SMILES string of the molecule is C#CC12CC(n3cc(-c4ccnc(Nc5cc(NC(=O)C=C)c(N(C)CCNC)cc5OC)n4)c4ccccc43)(C1)C2.CCCC. The topological polar surface area (TPSA) is 96.3 Å².